The van der Waals surface area contributed by atoms with Gasteiger partial charge in [0.15, 0.2) is 5.78 Å². The Morgan fingerprint density at radius 1 is 0.676 bits per heavy atom. The number of likely N-dealkylation sites (tertiary alicyclic amines) is 1. The predicted molar refractivity (Wildman–Crippen MR) is 274 cm³/mol. The average molecular weight is 995 g/mol. The molecule has 4 N–H and O–H groups in total. The number of halogens is 2. The van der Waals surface area contributed by atoms with E-state index in [1.807, 2.05) is 48.5 Å². The highest BCUT2D eigenvalue weighted by Gasteiger charge is 2.43. The Labute approximate surface area is 422 Å². The third-order valence-electron chi connectivity index (χ3n) is 14.4. The van der Waals surface area contributed by atoms with Gasteiger partial charge in [-0.1, -0.05) is 106 Å². The van der Waals surface area contributed by atoms with Crippen molar-refractivity contribution >= 4 is 60.0 Å². The van der Waals surface area contributed by atoms with E-state index in [-0.39, 0.29) is 134 Å². The maximum Gasteiger partial charge on any atom is 0.243 e. The summed E-state index contributed by atoms with van der Waals surface area (Å²) in [5, 5.41) is 12.4. The molecule has 7 atom stereocenters. The van der Waals surface area contributed by atoms with Crippen molar-refractivity contribution in [3.8, 4) is 23.7 Å². The summed E-state index contributed by atoms with van der Waals surface area (Å²) < 4.78 is 11.8. The Morgan fingerprint density at radius 2 is 1.24 bits per heavy atom. The van der Waals surface area contributed by atoms with E-state index >= 15 is 0 Å². The van der Waals surface area contributed by atoms with Gasteiger partial charge < -0.3 is 35.6 Å². The highest BCUT2D eigenvalue weighted by atomic mass is 35.5. The molecule has 388 valence electrons. The van der Waals surface area contributed by atoms with Crippen LogP contribution in [0.15, 0.2) is 0 Å². The van der Waals surface area contributed by atoms with Crippen molar-refractivity contribution in [3.63, 3.8) is 0 Å². The van der Waals surface area contributed by atoms with Crippen LogP contribution in [-0.2, 0) is 38.2 Å². The summed E-state index contributed by atoms with van der Waals surface area (Å²) in [6.45, 7) is 18.8. The van der Waals surface area contributed by atoms with Crippen LogP contribution in [0.25, 0.3) is 0 Å². The summed E-state index contributed by atoms with van der Waals surface area (Å²) in [5.41, 5.74) is -0.450. The van der Waals surface area contributed by atoms with Gasteiger partial charge in [0, 0.05) is 37.1 Å². The molecule has 1 saturated heterocycles. The molecule has 0 aromatic carbocycles. The van der Waals surface area contributed by atoms with Gasteiger partial charge in [0.05, 0.1) is 37.4 Å². The number of nitrogens with zero attached hydrogens (tertiary/aromatic N) is 1. The lowest BCUT2D eigenvalue weighted by Gasteiger charge is -2.36. The normalized spacial score (nSPS) is 19.3. The van der Waals surface area contributed by atoms with E-state index in [0.29, 0.717) is 19.6 Å². The van der Waals surface area contributed by atoms with E-state index in [1.54, 1.807) is 25.8 Å². The van der Waals surface area contributed by atoms with Crippen LogP contribution < -0.4 is 21.3 Å². The minimum atomic E-state index is -0.585. The molecule has 2 saturated carbocycles. The lowest BCUT2D eigenvalue weighted by atomic mass is 9.76. The van der Waals surface area contributed by atoms with Crippen molar-refractivity contribution in [2.75, 3.05) is 40.0 Å². The Bertz CT molecular complexity index is 1700. The quantitative estimate of drug-likeness (QED) is 0.0538. The van der Waals surface area contributed by atoms with Gasteiger partial charge in [-0.05, 0) is 100 Å². The summed E-state index contributed by atoms with van der Waals surface area (Å²) >= 11 is 0. The number of likely N-dealkylation sites (N-methyl/N-ethyl adjacent to an activating group) is 1. The maximum absolute atomic E-state index is 14.0. The largest absolute Gasteiger partial charge is 0.367 e. The third kappa shape index (κ3) is 20.6. The minimum Gasteiger partial charge on any atom is -0.367 e. The smallest absolute Gasteiger partial charge is 0.243 e. The zero-order chi connectivity index (χ0) is 48.8. The highest BCUT2D eigenvalue weighted by molar-refractivity contribution is 5.94. The van der Waals surface area contributed by atoms with Crippen molar-refractivity contribution in [2.45, 2.75) is 195 Å². The molecule has 0 spiro atoms. The number of hydrogen-bond donors (Lipinski definition) is 4. The van der Waals surface area contributed by atoms with Crippen LogP contribution in [0.2, 0.25) is 0 Å². The first-order valence-corrected chi connectivity index (χ1v) is 25.5. The number of carbonyl (C=O) groups excluding carboxylic acids is 6. The van der Waals surface area contributed by atoms with E-state index < -0.39 is 29.3 Å². The summed E-state index contributed by atoms with van der Waals surface area (Å²) in [6, 6.07) is -1.99. The lowest BCUT2D eigenvalue weighted by Crippen LogP contribution is -2.54. The number of nitrogens with one attached hydrogen (secondary N) is 4. The van der Waals surface area contributed by atoms with Crippen LogP contribution in [0, 0.1) is 64.6 Å². The second-order valence-electron chi connectivity index (χ2n) is 20.8. The molecule has 13 nitrogen and oxygen atoms in total. The highest BCUT2D eigenvalue weighted by Crippen LogP contribution is 2.34. The van der Waals surface area contributed by atoms with E-state index in [0.717, 1.165) is 77.0 Å². The second kappa shape index (κ2) is 32.6. The number of hydrogen-bond acceptors (Lipinski definition) is 9. The van der Waals surface area contributed by atoms with Crippen molar-refractivity contribution in [2.24, 2.45) is 40.9 Å². The van der Waals surface area contributed by atoms with E-state index in [1.165, 1.54) is 6.42 Å². The van der Waals surface area contributed by atoms with Crippen LogP contribution in [0.4, 0.5) is 0 Å². The van der Waals surface area contributed by atoms with Gasteiger partial charge in [0.2, 0.25) is 23.6 Å². The molecular formula is C53H89Cl2N5O8. The fourth-order valence-corrected chi connectivity index (χ4v) is 9.66. The topological polar surface area (TPSA) is 172 Å². The van der Waals surface area contributed by atoms with E-state index in [9.17, 15) is 28.8 Å². The number of rotatable bonds is 25. The van der Waals surface area contributed by atoms with Crippen LogP contribution in [0.3, 0.4) is 0 Å². The molecule has 2 aliphatic carbocycles. The predicted octanol–water partition coefficient (Wildman–Crippen LogP) is 7.39. The van der Waals surface area contributed by atoms with Crippen LogP contribution in [0.5, 0.6) is 0 Å². The molecule has 0 aromatic rings. The zero-order valence-corrected chi connectivity index (χ0v) is 44.9. The van der Waals surface area contributed by atoms with Gasteiger partial charge in [-0.2, -0.15) is 0 Å². The molecule has 3 fully saturated rings. The van der Waals surface area contributed by atoms with Gasteiger partial charge >= 0.3 is 0 Å². The Morgan fingerprint density at radius 3 is 1.76 bits per heavy atom. The monoisotopic (exact) mass is 994 g/mol. The summed E-state index contributed by atoms with van der Waals surface area (Å²) in [5.74, 6) is 10.0. The molecule has 0 aromatic heterocycles. The summed E-state index contributed by atoms with van der Waals surface area (Å²) in [6.07, 6.45) is 13.4. The first-order chi connectivity index (χ1) is 31.4. The van der Waals surface area contributed by atoms with Gasteiger partial charge in [0.25, 0.3) is 0 Å². The molecule has 0 bridgehead atoms. The molecule has 0 radical (unpaired) electrons. The van der Waals surface area contributed by atoms with E-state index in [2.05, 4.69) is 44.9 Å². The minimum absolute atomic E-state index is 0. The molecule has 4 amide bonds. The van der Waals surface area contributed by atoms with Gasteiger partial charge in [0.1, 0.15) is 25.0 Å². The van der Waals surface area contributed by atoms with Gasteiger partial charge in [-0.15, -0.1) is 24.8 Å². The standard InChI is InChI=1S/C53H87N5O8.2ClH/c1-11-39(12-2)50(62)57-48(41-26-19-16-20-27-41)47(60)32-37(5)49(61)55-43(36(3)4)34-65-30-21-13-14-22-31-66-35-44(40-24-17-15-18-25-40)56-51(63)45-28-23-29-58(45)52(64)42(53(7,8)9)33-46(59)38(6)54-10;;/h36-45,48,54H,11-12,15-20,23-35H2,1-10H3,(H,55,61)(H,56,63)(H,57,62);2*1H/t37-,38+,42-,43-,44-,45?,48-;;/m1../s1. The van der Waals surface area contributed by atoms with Crippen molar-refractivity contribution < 1.29 is 38.2 Å². The number of carbonyl (C=O) groups is 6. The zero-order valence-electron chi connectivity index (χ0n) is 43.2. The number of amides is 4. The molecule has 1 heterocycles. The van der Waals surface area contributed by atoms with Crippen molar-refractivity contribution in [1.29, 1.82) is 0 Å². The molecule has 1 aliphatic heterocycles. The van der Waals surface area contributed by atoms with Crippen LogP contribution in [-0.4, -0.2) is 110 Å². The fourth-order valence-electron chi connectivity index (χ4n) is 9.66. The number of ether oxygens (including phenoxy) is 2. The maximum atomic E-state index is 14.0. The Balaban J connectivity index is 0.0000116. The number of Topliss-reactive ketones (excluding diaryl/α,β-unsaturated/α-hetero) is 2. The third-order valence-corrected chi connectivity index (χ3v) is 14.4. The Hall–Kier alpha value is -3.20. The van der Waals surface area contributed by atoms with Crippen molar-refractivity contribution in [3.05, 3.63) is 0 Å². The van der Waals surface area contributed by atoms with Crippen LogP contribution >= 0.6 is 24.8 Å². The fraction of sp³-hybridized carbons (Fsp3) is 0.811. The van der Waals surface area contributed by atoms with Crippen molar-refractivity contribution in [1.82, 2.24) is 26.2 Å². The molecule has 15 heteroatoms. The molecular weight excluding hydrogens is 906 g/mol. The average Bonchev–Trinajstić information content (AvgIpc) is 3.80. The SMILES string of the molecule is CCC(CC)C(=O)N[C@@H](C(=O)C[C@@H](C)C(=O)N[C@H](COCC#CC#CCOC[C@@H](NC(=O)C1CCCN1C(=O)[C@@H](CC(=O)[C@H](C)NC)C(C)(C)C)C1CCCCC1)C(C)C)C1CCCCC1.Cl.Cl. The van der Waals surface area contributed by atoms with Crippen LogP contribution in [0.1, 0.15) is 165 Å². The summed E-state index contributed by atoms with van der Waals surface area (Å²) in [7, 11) is 1.74. The first-order valence-electron chi connectivity index (χ1n) is 25.5. The first kappa shape index (κ1) is 62.8. The molecule has 68 heavy (non-hydrogen) atoms. The molecule has 1 unspecified atom stereocenters. The summed E-state index contributed by atoms with van der Waals surface area (Å²) in [4.78, 5) is 82.7. The lowest BCUT2D eigenvalue weighted by molar-refractivity contribution is -0.146. The van der Waals surface area contributed by atoms with E-state index in [4.69, 9.17) is 9.47 Å². The Kier molecular flexibility index (Phi) is 30.2. The van der Waals surface area contributed by atoms with Gasteiger partial charge in [-0.25, -0.2) is 0 Å². The molecule has 3 aliphatic rings. The molecule has 3 rings (SSSR count). The van der Waals surface area contributed by atoms with Gasteiger partial charge in [-0.3, -0.25) is 28.8 Å². The number of ketones is 2. The second-order valence-corrected chi connectivity index (χ2v) is 20.8.